The Balaban J connectivity index is 0.000000382. The van der Waals surface area contributed by atoms with Crippen molar-refractivity contribution in [1.29, 1.82) is 0 Å². The topological polar surface area (TPSA) is 90.6 Å². The smallest absolute Gasteiger partial charge is 0.160 e. The molecule has 8 aromatic heterocycles. The van der Waals surface area contributed by atoms with E-state index >= 15 is 0 Å². The van der Waals surface area contributed by atoms with Crippen LogP contribution in [0.3, 0.4) is 0 Å². The number of hydrogen-bond acceptors (Lipinski definition) is 6. The van der Waals surface area contributed by atoms with Crippen molar-refractivity contribution in [2.24, 2.45) is 29.6 Å². The van der Waals surface area contributed by atoms with Gasteiger partial charge in [0.25, 0.3) is 0 Å². The number of para-hydroxylation sites is 1. The minimum absolute atomic E-state index is 0.833. The summed E-state index contributed by atoms with van der Waals surface area (Å²) in [6.07, 6.45) is 18.4. The highest BCUT2D eigenvalue weighted by atomic mass is 15.2. The van der Waals surface area contributed by atoms with E-state index in [1.54, 1.807) is 18.9 Å². The van der Waals surface area contributed by atoms with Gasteiger partial charge < -0.3 is 4.40 Å². The lowest BCUT2D eigenvalue weighted by Crippen LogP contribution is -1.81. The number of nitrogens with zero attached hydrogens (tertiary/aromatic N) is 9. The van der Waals surface area contributed by atoms with Crippen LogP contribution in [-0.2, 0) is 0 Å². The molecule has 0 N–H and O–H groups in total. The highest BCUT2D eigenvalue weighted by molar-refractivity contribution is 5.81. The maximum Gasteiger partial charge on any atom is 0.160 e. The molecule has 8 heterocycles. The molecule has 0 fully saturated rings. The summed E-state index contributed by atoms with van der Waals surface area (Å²) < 4.78 is 5.67. The van der Waals surface area contributed by atoms with Crippen molar-refractivity contribution in [2.75, 3.05) is 0 Å². The molecule has 2 aromatic carbocycles. The Kier molecular flexibility index (Phi) is 30.9. The average Bonchev–Trinajstić information content (AvgIpc) is 4.09. The van der Waals surface area contributed by atoms with Crippen molar-refractivity contribution < 1.29 is 0 Å². The van der Waals surface area contributed by atoms with E-state index in [1.807, 2.05) is 160 Å². The van der Waals surface area contributed by atoms with Crippen molar-refractivity contribution >= 4 is 38.4 Å². The molecule has 10 rings (SSSR count). The van der Waals surface area contributed by atoms with Gasteiger partial charge in [-0.3, -0.25) is 14.4 Å². The summed E-state index contributed by atoms with van der Waals surface area (Å²) in [5.41, 5.74) is 4.22. The van der Waals surface area contributed by atoms with Gasteiger partial charge in [-0.05, 0) is 101 Å². The van der Waals surface area contributed by atoms with Crippen LogP contribution in [-0.4, -0.2) is 43.6 Å². The third-order valence-corrected chi connectivity index (χ3v) is 6.89. The van der Waals surface area contributed by atoms with Crippen molar-refractivity contribution in [3.8, 4) is 0 Å². The lowest BCUT2D eigenvalue weighted by Gasteiger charge is -1.91. The molecule has 67 heavy (non-hydrogen) atoms. The molecule has 0 spiro atoms. The zero-order chi connectivity index (χ0) is 49.8. The summed E-state index contributed by atoms with van der Waals surface area (Å²) in [7, 11) is 0. The van der Waals surface area contributed by atoms with E-state index in [1.165, 1.54) is 16.2 Å². The second kappa shape index (κ2) is 35.5. The molecule has 0 aliphatic carbocycles. The largest absolute Gasteiger partial charge is 0.306 e. The van der Waals surface area contributed by atoms with Gasteiger partial charge in [0.2, 0.25) is 0 Å². The number of benzene rings is 2. The van der Waals surface area contributed by atoms with E-state index < -0.39 is 0 Å². The summed E-state index contributed by atoms with van der Waals surface area (Å²) in [6, 6.07) is 42.0. The average molecular weight is 904 g/mol. The highest BCUT2D eigenvalue weighted by Crippen LogP contribution is 2.10. The zero-order valence-corrected chi connectivity index (χ0v) is 43.3. The number of imidazole rings is 1. The van der Waals surface area contributed by atoms with Crippen LogP contribution < -0.4 is 0 Å². The maximum atomic E-state index is 4.18. The van der Waals surface area contributed by atoms with Crippen LogP contribution >= 0.6 is 0 Å². The fourth-order valence-electron chi connectivity index (χ4n) is 4.54. The van der Waals surface area contributed by atoms with Crippen LogP contribution in [0, 0.1) is 29.6 Å². The van der Waals surface area contributed by atoms with E-state index in [9.17, 15) is 0 Å². The van der Waals surface area contributed by atoms with Gasteiger partial charge in [-0.2, -0.15) is 5.10 Å². The molecule has 9 nitrogen and oxygen atoms in total. The van der Waals surface area contributed by atoms with Gasteiger partial charge in [0.1, 0.15) is 6.33 Å². The minimum Gasteiger partial charge on any atom is -0.306 e. The summed E-state index contributed by atoms with van der Waals surface area (Å²) in [5.74, 6) is 4.17. The number of hydrogen-bond donors (Lipinski definition) is 0. The summed E-state index contributed by atoms with van der Waals surface area (Å²) in [5, 5.41) is 15.2. The van der Waals surface area contributed by atoms with Crippen molar-refractivity contribution in [3.05, 3.63) is 190 Å². The molecule has 10 aromatic rings. The van der Waals surface area contributed by atoms with Gasteiger partial charge in [-0.1, -0.05) is 171 Å². The van der Waals surface area contributed by atoms with Crippen LogP contribution in [0.15, 0.2) is 190 Å². The van der Waals surface area contributed by atoms with Crippen LogP contribution in [0.4, 0.5) is 0 Å². The first-order chi connectivity index (χ1) is 32.0. The van der Waals surface area contributed by atoms with Gasteiger partial charge in [-0.25, -0.2) is 9.50 Å². The van der Waals surface area contributed by atoms with E-state index in [0.29, 0.717) is 0 Å². The third kappa shape index (κ3) is 30.2. The number of aromatic nitrogens is 9. The van der Waals surface area contributed by atoms with E-state index in [0.717, 1.165) is 51.8 Å². The first-order valence-electron chi connectivity index (χ1n) is 23.6. The number of fused-ring (bicyclic) bond motifs is 5. The van der Waals surface area contributed by atoms with Gasteiger partial charge in [0.05, 0.1) is 29.1 Å². The van der Waals surface area contributed by atoms with Crippen molar-refractivity contribution in [2.45, 2.75) is 104 Å². The first-order valence-corrected chi connectivity index (χ1v) is 23.6. The monoisotopic (exact) mass is 904 g/mol. The van der Waals surface area contributed by atoms with Gasteiger partial charge in [0, 0.05) is 48.8 Å². The fraction of sp³-hybridized carbons (Fsp3) is 0.345. The van der Waals surface area contributed by atoms with E-state index in [4.69, 9.17) is 0 Å². The molecule has 0 saturated carbocycles. The molecule has 0 unspecified atom stereocenters. The Bertz CT molecular complexity index is 2170. The van der Waals surface area contributed by atoms with Crippen LogP contribution in [0.2, 0.25) is 0 Å². The zero-order valence-electron chi connectivity index (χ0n) is 43.3. The summed E-state index contributed by atoms with van der Waals surface area (Å²) in [6.45, 7) is 32.5. The minimum atomic E-state index is 0.833. The standard InChI is InChI=1S/2C9H7N.2C7H6N2.C6H5N3.5C4H10/c1-2-6-9-8(4-1)5-3-7-10-9;1-2-4-9-7-10-6-5-8(9)3-1;1-2-6-9-7(3-1)4-5-8-9;1-2-4-9-6-8-5-7(9)3-1;1-2-4-9-5-7-8-6(9)3-1;5*1-4(2)3/h2*1-7H;2*1-6H;1-5H;5*4H,1-3H3. The Morgan fingerprint density at radius 2 is 0.881 bits per heavy atom. The second-order valence-corrected chi connectivity index (χ2v) is 18.7. The summed E-state index contributed by atoms with van der Waals surface area (Å²) >= 11 is 0. The molecule has 0 atom stereocenters. The molecule has 0 aliphatic heterocycles. The molecular formula is C58H81N9. The number of pyridine rings is 5. The molecule has 0 bridgehead atoms. The first kappa shape index (κ1) is 58.3. The molecule has 0 amide bonds. The Morgan fingerprint density at radius 1 is 0.373 bits per heavy atom. The van der Waals surface area contributed by atoms with Gasteiger partial charge in [0.15, 0.2) is 5.65 Å². The SMILES string of the molecule is CC(C)C.CC(C)C.CC(C)C.CC(C)C.CC(C)C.c1ccc2cnccc2c1.c1ccc2ncccc2c1.c1ccn2cncc2c1.c1ccn2cnnc2c1.c1ccn2nccc2c1. The summed E-state index contributed by atoms with van der Waals surface area (Å²) in [4.78, 5) is 12.2. The van der Waals surface area contributed by atoms with Crippen molar-refractivity contribution in [3.63, 3.8) is 0 Å². The van der Waals surface area contributed by atoms with E-state index in [2.05, 4.69) is 158 Å². The molecule has 358 valence electrons. The number of rotatable bonds is 0. The van der Waals surface area contributed by atoms with E-state index in [-0.39, 0.29) is 0 Å². The van der Waals surface area contributed by atoms with Gasteiger partial charge >= 0.3 is 0 Å². The lowest BCUT2D eigenvalue weighted by molar-refractivity contribution is 0.736. The Morgan fingerprint density at radius 3 is 1.45 bits per heavy atom. The maximum absolute atomic E-state index is 4.18. The normalized spacial score (nSPS) is 9.79. The third-order valence-electron chi connectivity index (χ3n) is 6.89. The lowest BCUT2D eigenvalue weighted by atomic mass is 10.2. The second-order valence-electron chi connectivity index (χ2n) is 18.7. The van der Waals surface area contributed by atoms with Crippen molar-refractivity contribution in [1.82, 2.24) is 43.6 Å². The highest BCUT2D eigenvalue weighted by Gasteiger charge is 1.90. The predicted octanol–water partition coefficient (Wildman–Crippen LogP) is 16.2. The van der Waals surface area contributed by atoms with Crippen LogP contribution in [0.1, 0.15) is 104 Å². The Labute approximate surface area is 403 Å². The molecule has 0 saturated heterocycles. The quantitative estimate of drug-likeness (QED) is 0.151. The fourth-order valence-corrected chi connectivity index (χ4v) is 4.54. The van der Waals surface area contributed by atoms with Gasteiger partial charge in [-0.15, -0.1) is 10.2 Å². The molecular weight excluding hydrogens is 823 g/mol. The molecule has 9 heteroatoms. The van der Waals surface area contributed by atoms with Crippen LogP contribution in [0.25, 0.3) is 38.4 Å². The van der Waals surface area contributed by atoms with Crippen LogP contribution in [0.5, 0.6) is 0 Å². The molecule has 0 radical (unpaired) electrons. The predicted molar refractivity (Wildman–Crippen MR) is 289 cm³/mol. The molecule has 0 aliphatic rings. The Hall–Kier alpha value is -6.74.